The number of ether oxygens (including phenoxy) is 2. The highest BCUT2D eigenvalue weighted by Crippen LogP contribution is 2.16. The molecule has 5 nitrogen and oxygen atoms in total. The van der Waals surface area contributed by atoms with Crippen molar-refractivity contribution in [3.05, 3.63) is 39.9 Å². The Labute approximate surface area is 86.8 Å². The third kappa shape index (κ3) is 2.51. The van der Waals surface area contributed by atoms with E-state index in [0.29, 0.717) is 19.8 Å². The molecule has 0 bridgehead atoms. The molecule has 0 radical (unpaired) electrons. The van der Waals surface area contributed by atoms with E-state index in [9.17, 15) is 10.1 Å². The van der Waals surface area contributed by atoms with Crippen LogP contribution in [-0.4, -0.2) is 24.4 Å². The molecule has 80 valence electrons. The van der Waals surface area contributed by atoms with Gasteiger partial charge in [-0.25, -0.2) is 0 Å². The van der Waals surface area contributed by atoms with Crippen molar-refractivity contribution in [1.29, 1.82) is 0 Å². The summed E-state index contributed by atoms with van der Waals surface area (Å²) in [6, 6.07) is 6.59. The summed E-state index contributed by atoms with van der Waals surface area (Å²) >= 11 is 0. The Morgan fingerprint density at radius 2 is 2.40 bits per heavy atom. The van der Waals surface area contributed by atoms with Crippen molar-refractivity contribution in [3.63, 3.8) is 0 Å². The van der Waals surface area contributed by atoms with E-state index in [-0.39, 0.29) is 11.8 Å². The van der Waals surface area contributed by atoms with Crippen molar-refractivity contribution in [1.82, 2.24) is 0 Å². The third-order valence-corrected chi connectivity index (χ3v) is 2.28. The van der Waals surface area contributed by atoms with E-state index in [1.807, 2.05) is 6.07 Å². The first kappa shape index (κ1) is 10.1. The first-order chi connectivity index (χ1) is 7.25. The van der Waals surface area contributed by atoms with E-state index in [1.165, 1.54) is 6.07 Å². The molecule has 0 aromatic heterocycles. The summed E-state index contributed by atoms with van der Waals surface area (Å²) in [5.74, 6) is 0. The van der Waals surface area contributed by atoms with Crippen molar-refractivity contribution >= 4 is 5.69 Å². The molecule has 0 spiro atoms. The minimum atomic E-state index is -0.393. The maximum absolute atomic E-state index is 10.5. The van der Waals surface area contributed by atoms with Crippen LogP contribution < -0.4 is 0 Å². The summed E-state index contributed by atoms with van der Waals surface area (Å²) in [5, 5.41) is 10.5. The predicted molar refractivity (Wildman–Crippen MR) is 52.5 cm³/mol. The summed E-state index contributed by atoms with van der Waals surface area (Å²) < 4.78 is 10.3. The molecule has 2 rings (SSSR count). The van der Waals surface area contributed by atoms with Crippen molar-refractivity contribution in [2.75, 3.05) is 13.4 Å². The topological polar surface area (TPSA) is 61.6 Å². The molecule has 1 unspecified atom stereocenters. The van der Waals surface area contributed by atoms with Crippen molar-refractivity contribution in [2.24, 2.45) is 0 Å². The van der Waals surface area contributed by atoms with E-state index in [1.54, 1.807) is 12.1 Å². The Morgan fingerprint density at radius 1 is 1.53 bits per heavy atom. The van der Waals surface area contributed by atoms with Crippen molar-refractivity contribution < 1.29 is 14.4 Å². The Bertz CT molecular complexity index is 360. The fourth-order valence-corrected chi connectivity index (χ4v) is 1.55. The molecule has 1 heterocycles. The summed E-state index contributed by atoms with van der Waals surface area (Å²) in [6.45, 7) is 0.877. The second-order valence-corrected chi connectivity index (χ2v) is 3.41. The quantitative estimate of drug-likeness (QED) is 0.559. The number of rotatable bonds is 3. The molecule has 0 aliphatic carbocycles. The largest absolute Gasteiger partial charge is 0.353 e. The number of nitrogens with zero attached hydrogens (tertiary/aromatic N) is 1. The lowest BCUT2D eigenvalue weighted by atomic mass is 10.1. The zero-order valence-electron chi connectivity index (χ0n) is 8.09. The van der Waals surface area contributed by atoms with Crippen LogP contribution in [0.25, 0.3) is 0 Å². The first-order valence-corrected chi connectivity index (χ1v) is 4.68. The highest BCUT2D eigenvalue weighted by molar-refractivity contribution is 5.34. The molecule has 1 atom stereocenters. The Kier molecular flexibility index (Phi) is 2.94. The van der Waals surface area contributed by atoms with Gasteiger partial charge in [0.05, 0.1) is 17.6 Å². The van der Waals surface area contributed by atoms with Crippen molar-refractivity contribution in [2.45, 2.75) is 12.5 Å². The molecule has 0 N–H and O–H groups in total. The van der Waals surface area contributed by atoms with Gasteiger partial charge in [-0.1, -0.05) is 12.1 Å². The van der Waals surface area contributed by atoms with Gasteiger partial charge in [-0.15, -0.1) is 0 Å². The first-order valence-electron chi connectivity index (χ1n) is 4.68. The van der Waals surface area contributed by atoms with Gasteiger partial charge in [-0.05, 0) is 5.56 Å². The number of non-ortho nitro benzene ring substituents is 1. The van der Waals surface area contributed by atoms with Crippen LogP contribution in [0.4, 0.5) is 5.69 Å². The number of nitro benzene ring substituents is 1. The molecule has 0 saturated carbocycles. The summed E-state index contributed by atoms with van der Waals surface area (Å²) in [4.78, 5) is 10.1. The van der Waals surface area contributed by atoms with E-state index < -0.39 is 4.92 Å². The Morgan fingerprint density at radius 3 is 3.07 bits per heavy atom. The molecule has 1 aliphatic heterocycles. The molecular formula is C10H11NO4. The Balaban J connectivity index is 2.07. The second-order valence-electron chi connectivity index (χ2n) is 3.41. The summed E-state index contributed by atoms with van der Waals surface area (Å²) in [5.41, 5.74) is 1.02. The molecule has 1 aliphatic rings. The van der Waals surface area contributed by atoms with Crippen LogP contribution in [0.2, 0.25) is 0 Å². The number of hydrogen-bond acceptors (Lipinski definition) is 4. The minimum absolute atomic E-state index is 0.0204. The van der Waals surface area contributed by atoms with E-state index in [0.717, 1.165) is 5.56 Å². The SMILES string of the molecule is O=[N+]([O-])c1cccc(CC2COCO2)c1. The van der Waals surface area contributed by atoms with Crippen LogP contribution in [0.5, 0.6) is 0 Å². The van der Waals surface area contributed by atoms with Crippen LogP contribution >= 0.6 is 0 Å². The average molecular weight is 209 g/mol. The zero-order valence-corrected chi connectivity index (χ0v) is 8.09. The zero-order chi connectivity index (χ0) is 10.7. The Hall–Kier alpha value is -1.46. The molecule has 1 fully saturated rings. The van der Waals surface area contributed by atoms with Crippen LogP contribution in [0.3, 0.4) is 0 Å². The second kappa shape index (κ2) is 4.37. The standard InChI is InChI=1S/C10H11NO4/c12-11(13)9-3-1-2-8(4-9)5-10-6-14-7-15-10/h1-4,10H,5-7H2. The predicted octanol–water partition coefficient (Wildman–Crippen LogP) is 1.51. The van der Waals surface area contributed by atoms with Gasteiger partial charge in [-0.2, -0.15) is 0 Å². The van der Waals surface area contributed by atoms with Crippen LogP contribution in [-0.2, 0) is 15.9 Å². The minimum Gasteiger partial charge on any atom is -0.353 e. The van der Waals surface area contributed by atoms with Crippen molar-refractivity contribution in [3.8, 4) is 0 Å². The van der Waals surface area contributed by atoms with Gasteiger partial charge in [0.25, 0.3) is 5.69 Å². The van der Waals surface area contributed by atoms with Gasteiger partial charge in [-0.3, -0.25) is 10.1 Å². The molecular weight excluding hydrogens is 198 g/mol. The van der Waals surface area contributed by atoms with Crippen LogP contribution in [0.15, 0.2) is 24.3 Å². The number of benzene rings is 1. The van der Waals surface area contributed by atoms with Crippen LogP contribution in [0.1, 0.15) is 5.56 Å². The highest BCUT2D eigenvalue weighted by atomic mass is 16.7. The lowest BCUT2D eigenvalue weighted by Crippen LogP contribution is -2.12. The maximum atomic E-state index is 10.5. The summed E-state index contributed by atoms with van der Waals surface area (Å²) in [7, 11) is 0. The normalized spacial score (nSPS) is 20.4. The summed E-state index contributed by atoms with van der Waals surface area (Å²) in [6.07, 6.45) is 0.675. The maximum Gasteiger partial charge on any atom is 0.269 e. The average Bonchev–Trinajstić information content (AvgIpc) is 2.71. The van der Waals surface area contributed by atoms with E-state index in [2.05, 4.69) is 0 Å². The van der Waals surface area contributed by atoms with E-state index >= 15 is 0 Å². The van der Waals surface area contributed by atoms with Gasteiger partial charge < -0.3 is 9.47 Å². The van der Waals surface area contributed by atoms with Crippen LogP contribution in [0, 0.1) is 10.1 Å². The van der Waals surface area contributed by atoms with Gasteiger partial charge >= 0.3 is 0 Å². The fraction of sp³-hybridized carbons (Fsp3) is 0.400. The highest BCUT2D eigenvalue weighted by Gasteiger charge is 2.17. The molecule has 5 heteroatoms. The monoisotopic (exact) mass is 209 g/mol. The fourth-order valence-electron chi connectivity index (χ4n) is 1.55. The van der Waals surface area contributed by atoms with Gasteiger partial charge in [0, 0.05) is 18.6 Å². The lowest BCUT2D eigenvalue weighted by Gasteiger charge is -2.06. The third-order valence-electron chi connectivity index (χ3n) is 2.28. The molecule has 1 saturated heterocycles. The molecule has 1 aromatic carbocycles. The molecule has 0 amide bonds. The number of hydrogen-bond donors (Lipinski definition) is 0. The van der Waals surface area contributed by atoms with Gasteiger partial charge in [0.2, 0.25) is 0 Å². The smallest absolute Gasteiger partial charge is 0.269 e. The molecule has 15 heavy (non-hydrogen) atoms. The van der Waals surface area contributed by atoms with Gasteiger partial charge in [0.15, 0.2) is 0 Å². The van der Waals surface area contributed by atoms with Gasteiger partial charge in [0.1, 0.15) is 6.79 Å². The molecule has 1 aromatic rings. The number of nitro groups is 1. The van der Waals surface area contributed by atoms with E-state index in [4.69, 9.17) is 9.47 Å². The lowest BCUT2D eigenvalue weighted by molar-refractivity contribution is -0.384.